The van der Waals surface area contributed by atoms with Crippen molar-refractivity contribution in [1.29, 1.82) is 0 Å². The minimum absolute atomic E-state index is 0.159. The van der Waals surface area contributed by atoms with Crippen molar-refractivity contribution in [3.8, 4) is 17.1 Å². The number of pyridine rings is 1. The third-order valence-electron chi connectivity index (χ3n) is 2.82. The second-order valence-electron chi connectivity index (χ2n) is 4.06. The van der Waals surface area contributed by atoms with E-state index in [2.05, 4.69) is 20.3 Å². The maximum atomic E-state index is 13.0. The van der Waals surface area contributed by atoms with E-state index in [-0.39, 0.29) is 5.75 Å². The number of rotatable bonds is 2. The Hall–Kier alpha value is -2.63. The van der Waals surface area contributed by atoms with Gasteiger partial charge in [0.15, 0.2) is 5.65 Å². The third-order valence-corrected chi connectivity index (χ3v) is 2.82. The Bertz CT molecular complexity index is 753. The first kappa shape index (κ1) is 11.5. The molecule has 0 spiro atoms. The van der Waals surface area contributed by atoms with Crippen LogP contribution in [-0.2, 0) is 0 Å². The number of fused-ring (bicyclic) bond motifs is 1. The van der Waals surface area contributed by atoms with Crippen molar-refractivity contribution in [1.82, 2.24) is 15.0 Å². The van der Waals surface area contributed by atoms with Crippen molar-refractivity contribution < 1.29 is 9.50 Å². The highest BCUT2D eigenvalue weighted by Crippen LogP contribution is 2.28. The molecule has 3 rings (SSSR count). The number of hydrogen-bond donors (Lipinski definition) is 3. The van der Waals surface area contributed by atoms with E-state index in [1.807, 2.05) is 12.1 Å². The molecule has 2 aromatic heterocycles. The Morgan fingerprint density at radius 3 is 2.79 bits per heavy atom. The number of halogens is 1. The van der Waals surface area contributed by atoms with E-state index in [1.165, 1.54) is 12.1 Å². The molecule has 0 saturated heterocycles. The van der Waals surface area contributed by atoms with Gasteiger partial charge in [0.1, 0.15) is 23.2 Å². The van der Waals surface area contributed by atoms with Crippen LogP contribution in [0.4, 0.5) is 10.2 Å². The molecule has 0 unspecified atom stereocenters. The van der Waals surface area contributed by atoms with Crippen LogP contribution >= 0.6 is 0 Å². The second-order valence-corrected chi connectivity index (χ2v) is 4.06. The molecule has 0 aliphatic heterocycles. The number of benzene rings is 1. The summed E-state index contributed by atoms with van der Waals surface area (Å²) in [5.74, 6) is 0.503. The van der Waals surface area contributed by atoms with Gasteiger partial charge in [-0.3, -0.25) is 0 Å². The van der Waals surface area contributed by atoms with E-state index in [0.717, 1.165) is 11.6 Å². The molecule has 0 aliphatic rings. The molecule has 0 saturated carbocycles. The molecule has 0 aliphatic carbocycles. The Labute approximate surface area is 108 Å². The number of nitrogens with one attached hydrogen (secondary N) is 2. The lowest BCUT2D eigenvalue weighted by Gasteiger charge is -2.00. The number of anilines is 1. The van der Waals surface area contributed by atoms with Crippen LogP contribution in [0, 0.1) is 5.82 Å². The number of nitrogens with zero attached hydrogens (tertiary/aromatic N) is 2. The maximum Gasteiger partial charge on any atom is 0.180 e. The van der Waals surface area contributed by atoms with Crippen LogP contribution in [0.25, 0.3) is 22.6 Å². The summed E-state index contributed by atoms with van der Waals surface area (Å²) in [5, 5.41) is 12.7. The van der Waals surface area contributed by atoms with Gasteiger partial charge in [-0.1, -0.05) is 0 Å². The highest BCUT2D eigenvalue weighted by Gasteiger charge is 2.11. The van der Waals surface area contributed by atoms with Crippen molar-refractivity contribution in [2.24, 2.45) is 0 Å². The normalized spacial score (nSPS) is 10.8. The van der Waals surface area contributed by atoms with E-state index in [1.54, 1.807) is 7.05 Å². The molecule has 6 heteroatoms. The van der Waals surface area contributed by atoms with E-state index < -0.39 is 5.82 Å². The summed E-state index contributed by atoms with van der Waals surface area (Å²) >= 11 is 0. The number of hydrogen-bond acceptors (Lipinski definition) is 4. The highest BCUT2D eigenvalue weighted by atomic mass is 19.1. The monoisotopic (exact) mass is 258 g/mol. The van der Waals surface area contributed by atoms with Crippen molar-refractivity contribution in [2.45, 2.75) is 0 Å². The molecule has 3 aromatic rings. The minimum Gasteiger partial charge on any atom is -0.507 e. The fourth-order valence-electron chi connectivity index (χ4n) is 1.86. The lowest BCUT2D eigenvalue weighted by atomic mass is 10.2. The van der Waals surface area contributed by atoms with Crippen molar-refractivity contribution in [2.75, 3.05) is 12.4 Å². The summed E-state index contributed by atoms with van der Waals surface area (Å²) < 4.78 is 13.0. The van der Waals surface area contributed by atoms with Crippen LogP contribution in [0.2, 0.25) is 0 Å². The summed E-state index contributed by atoms with van der Waals surface area (Å²) in [7, 11) is 1.77. The van der Waals surface area contributed by atoms with Crippen LogP contribution < -0.4 is 5.32 Å². The third kappa shape index (κ3) is 1.97. The van der Waals surface area contributed by atoms with Crippen molar-refractivity contribution in [3.63, 3.8) is 0 Å². The molecule has 0 atom stereocenters. The Morgan fingerprint density at radius 2 is 2.05 bits per heavy atom. The molecule has 0 amide bonds. The molecule has 19 heavy (non-hydrogen) atoms. The number of aromatic nitrogens is 3. The summed E-state index contributed by atoms with van der Waals surface area (Å²) in [4.78, 5) is 11.6. The molecule has 2 heterocycles. The first-order valence-corrected chi connectivity index (χ1v) is 5.71. The average molecular weight is 258 g/mol. The quantitative estimate of drug-likeness (QED) is 0.660. The fraction of sp³-hybridized carbons (Fsp3) is 0.0769. The number of H-pyrrole nitrogens is 1. The van der Waals surface area contributed by atoms with Crippen LogP contribution in [0.5, 0.6) is 5.75 Å². The first-order valence-electron chi connectivity index (χ1n) is 5.71. The highest BCUT2D eigenvalue weighted by molar-refractivity contribution is 5.78. The van der Waals surface area contributed by atoms with Crippen LogP contribution in [0.1, 0.15) is 0 Å². The molecule has 3 N–H and O–H groups in total. The second kappa shape index (κ2) is 4.24. The SMILES string of the molecule is CNc1ccc2[nH]c(-c3ccc(F)cc3O)nc2n1. The smallest absolute Gasteiger partial charge is 0.180 e. The number of aromatic amines is 1. The fourth-order valence-corrected chi connectivity index (χ4v) is 1.86. The molecular formula is C13H11FN4O. The molecule has 0 fully saturated rings. The lowest BCUT2D eigenvalue weighted by molar-refractivity contribution is 0.471. The molecule has 0 radical (unpaired) electrons. The minimum atomic E-state index is -0.493. The van der Waals surface area contributed by atoms with Crippen molar-refractivity contribution >= 4 is 17.0 Å². The Balaban J connectivity index is 2.14. The van der Waals surface area contributed by atoms with Gasteiger partial charge in [-0.2, -0.15) is 0 Å². The summed E-state index contributed by atoms with van der Waals surface area (Å²) in [5.41, 5.74) is 1.72. The van der Waals surface area contributed by atoms with Gasteiger partial charge < -0.3 is 15.4 Å². The van der Waals surface area contributed by atoms with Crippen LogP contribution in [0.15, 0.2) is 30.3 Å². The zero-order valence-corrected chi connectivity index (χ0v) is 10.1. The average Bonchev–Trinajstić information content (AvgIpc) is 2.80. The number of aromatic hydroxyl groups is 1. The van der Waals surface area contributed by atoms with Gasteiger partial charge >= 0.3 is 0 Å². The zero-order chi connectivity index (χ0) is 13.4. The molecular weight excluding hydrogens is 247 g/mol. The largest absolute Gasteiger partial charge is 0.507 e. The molecule has 96 valence electrons. The van der Waals surface area contributed by atoms with Crippen LogP contribution in [0.3, 0.4) is 0 Å². The summed E-state index contributed by atoms with van der Waals surface area (Å²) in [6.45, 7) is 0. The van der Waals surface area contributed by atoms with Crippen LogP contribution in [-0.4, -0.2) is 27.1 Å². The van der Waals surface area contributed by atoms with Gasteiger partial charge in [0.05, 0.1) is 11.1 Å². The van der Waals surface area contributed by atoms with Gasteiger partial charge in [-0.15, -0.1) is 0 Å². The first-order chi connectivity index (χ1) is 9.17. The van der Waals surface area contributed by atoms with Gasteiger partial charge in [0, 0.05) is 13.1 Å². The van der Waals surface area contributed by atoms with Gasteiger partial charge in [-0.05, 0) is 24.3 Å². The zero-order valence-electron chi connectivity index (χ0n) is 10.1. The van der Waals surface area contributed by atoms with E-state index in [9.17, 15) is 9.50 Å². The standard InChI is InChI=1S/C13H11FN4O/c1-15-11-5-4-9-13(17-11)18-12(16-9)8-3-2-7(14)6-10(8)19/h2-6,19H,1H3,(H2,15,16,17,18). The lowest BCUT2D eigenvalue weighted by Crippen LogP contribution is -1.91. The van der Waals surface area contributed by atoms with Gasteiger partial charge in [0.2, 0.25) is 0 Å². The van der Waals surface area contributed by atoms with Crippen molar-refractivity contribution in [3.05, 3.63) is 36.1 Å². The van der Waals surface area contributed by atoms with Gasteiger partial charge in [0.25, 0.3) is 0 Å². The van der Waals surface area contributed by atoms with Gasteiger partial charge in [-0.25, -0.2) is 14.4 Å². The van der Waals surface area contributed by atoms with E-state index in [0.29, 0.717) is 22.9 Å². The summed E-state index contributed by atoms with van der Waals surface area (Å²) in [6.07, 6.45) is 0. The van der Waals surface area contributed by atoms with E-state index in [4.69, 9.17) is 0 Å². The molecule has 5 nitrogen and oxygen atoms in total. The Morgan fingerprint density at radius 1 is 1.21 bits per heavy atom. The van der Waals surface area contributed by atoms with E-state index >= 15 is 0 Å². The predicted octanol–water partition coefficient (Wildman–Crippen LogP) is 2.51. The molecule has 1 aromatic carbocycles. The predicted molar refractivity (Wildman–Crippen MR) is 70.5 cm³/mol. The number of phenolic OH excluding ortho intramolecular Hbond substituents is 1. The number of imidazole rings is 1. The molecule has 0 bridgehead atoms. The number of phenols is 1. The topological polar surface area (TPSA) is 73.8 Å². The maximum absolute atomic E-state index is 13.0. The Kier molecular flexibility index (Phi) is 2.56. The summed E-state index contributed by atoms with van der Waals surface area (Å²) in [6, 6.07) is 7.45.